The topological polar surface area (TPSA) is 60.7 Å². The van der Waals surface area contributed by atoms with Gasteiger partial charge in [-0.05, 0) is 73.9 Å². The van der Waals surface area contributed by atoms with Crippen LogP contribution < -0.4 is 14.8 Å². The summed E-state index contributed by atoms with van der Waals surface area (Å²) in [6.45, 7) is 2.85. The summed E-state index contributed by atoms with van der Waals surface area (Å²) in [5.41, 5.74) is 3.02. The molecule has 0 fully saturated rings. The molecule has 3 aromatic rings. The normalized spacial score (nSPS) is 10.8. The van der Waals surface area contributed by atoms with E-state index in [0.29, 0.717) is 11.5 Å². The Labute approximate surface area is 167 Å². The SMILES string of the molecule is Cc1cc(C)cc(OCc2ccc(C(=O)Nc3ccc(C)cc3OC(F)F)o2)c1. The maximum Gasteiger partial charge on any atom is 0.387 e. The number of alkyl halides is 2. The van der Waals surface area contributed by atoms with Gasteiger partial charge in [0.25, 0.3) is 5.91 Å². The number of rotatable bonds is 7. The zero-order valence-electron chi connectivity index (χ0n) is 16.3. The maximum absolute atomic E-state index is 12.6. The van der Waals surface area contributed by atoms with Gasteiger partial charge in [0.2, 0.25) is 0 Å². The van der Waals surface area contributed by atoms with Gasteiger partial charge in [-0.2, -0.15) is 8.78 Å². The number of furan rings is 1. The summed E-state index contributed by atoms with van der Waals surface area (Å²) in [5, 5.41) is 2.53. The molecule has 0 spiro atoms. The predicted molar refractivity (Wildman–Crippen MR) is 105 cm³/mol. The van der Waals surface area contributed by atoms with Crippen LogP contribution in [0.1, 0.15) is 33.0 Å². The van der Waals surface area contributed by atoms with E-state index in [9.17, 15) is 13.6 Å². The summed E-state index contributed by atoms with van der Waals surface area (Å²) >= 11 is 0. The summed E-state index contributed by atoms with van der Waals surface area (Å²) in [4.78, 5) is 12.4. The van der Waals surface area contributed by atoms with Gasteiger partial charge in [-0.15, -0.1) is 0 Å². The number of aryl methyl sites for hydroxylation is 3. The number of ether oxygens (including phenoxy) is 2. The van der Waals surface area contributed by atoms with Crippen LogP contribution >= 0.6 is 0 Å². The molecular weight excluding hydrogens is 380 g/mol. The lowest BCUT2D eigenvalue weighted by atomic mass is 10.1. The molecule has 1 amide bonds. The number of anilines is 1. The molecule has 0 aliphatic carbocycles. The van der Waals surface area contributed by atoms with Crippen LogP contribution in [-0.4, -0.2) is 12.5 Å². The number of halogens is 2. The molecule has 1 heterocycles. The molecule has 2 aromatic carbocycles. The highest BCUT2D eigenvalue weighted by atomic mass is 19.3. The van der Waals surface area contributed by atoms with E-state index in [4.69, 9.17) is 9.15 Å². The first kappa shape index (κ1) is 20.4. The van der Waals surface area contributed by atoms with E-state index in [1.807, 2.05) is 32.0 Å². The maximum atomic E-state index is 12.6. The predicted octanol–water partition coefficient (Wildman–Crippen LogP) is 5.64. The second kappa shape index (κ2) is 8.77. The summed E-state index contributed by atoms with van der Waals surface area (Å²) in [5.74, 6) is 0.511. The van der Waals surface area contributed by atoms with E-state index in [1.165, 1.54) is 18.2 Å². The Morgan fingerprint density at radius 3 is 2.41 bits per heavy atom. The zero-order valence-corrected chi connectivity index (χ0v) is 16.3. The van der Waals surface area contributed by atoms with Crippen molar-refractivity contribution in [1.29, 1.82) is 0 Å². The van der Waals surface area contributed by atoms with E-state index in [-0.39, 0.29) is 23.8 Å². The van der Waals surface area contributed by atoms with Crippen molar-refractivity contribution in [1.82, 2.24) is 0 Å². The number of nitrogens with one attached hydrogen (secondary N) is 1. The molecule has 0 saturated carbocycles. The summed E-state index contributed by atoms with van der Waals surface area (Å²) in [7, 11) is 0. The van der Waals surface area contributed by atoms with Crippen molar-refractivity contribution in [3.05, 3.63) is 76.7 Å². The van der Waals surface area contributed by atoms with Gasteiger partial charge in [-0.3, -0.25) is 4.79 Å². The third-order valence-electron chi connectivity index (χ3n) is 4.06. The Bertz CT molecular complexity index is 994. The Balaban J connectivity index is 1.66. The third-order valence-corrected chi connectivity index (χ3v) is 4.06. The van der Waals surface area contributed by atoms with Crippen molar-refractivity contribution in [3.63, 3.8) is 0 Å². The van der Waals surface area contributed by atoms with E-state index >= 15 is 0 Å². The van der Waals surface area contributed by atoms with Crippen molar-refractivity contribution in [3.8, 4) is 11.5 Å². The second-order valence-electron chi connectivity index (χ2n) is 6.71. The first-order chi connectivity index (χ1) is 13.8. The van der Waals surface area contributed by atoms with E-state index in [1.54, 1.807) is 19.1 Å². The fourth-order valence-electron chi connectivity index (χ4n) is 2.86. The van der Waals surface area contributed by atoms with Crippen LogP contribution in [0.15, 0.2) is 52.9 Å². The van der Waals surface area contributed by atoms with Crippen LogP contribution in [0.5, 0.6) is 11.5 Å². The summed E-state index contributed by atoms with van der Waals surface area (Å²) in [6.07, 6.45) is 0. The number of hydrogen-bond donors (Lipinski definition) is 1. The van der Waals surface area contributed by atoms with Gasteiger partial charge in [-0.1, -0.05) is 12.1 Å². The summed E-state index contributed by atoms with van der Waals surface area (Å²) in [6, 6.07) is 13.6. The lowest BCUT2D eigenvalue weighted by molar-refractivity contribution is -0.0494. The van der Waals surface area contributed by atoms with Crippen molar-refractivity contribution in [2.75, 3.05) is 5.32 Å². The first-order valence-corrected chi connectivity index (χ1v) is 8.97. The van der Waals surface area contributed by atoms with Gasteiger partial charge >= 0.3 is 6.61 Å². The van der Waals surface area contributed by atoms with Crippen molar-refractivity contribution in [2.24, 2.45) is 0 Å². The summed E-state index contributed by atoms with van der Waals surface area (Å²) < 4.78 is 40.9. The number of benzene rings is 2. The highest BCUT2D eigenvalue weighted by molar-refractivity contribution is 6.03. The van der Waals surface area contributed by atoms with Gasteiger partial charge in [0, 0.05) is 0 Å². The fourth-order valence-corrected chi connectivity index (χ4v) is 2.86. The molecule has 0 radical (unpaired) electrons. The number of amides is 1. The van der Waals surface area contributed by atoms with Crippen LogP contribution in [0.4, 0.5) is 14.5 Å². The Kier molecular flexibility index (Phi) is 6.16. The molecule has 1 aromatic heterocycles. The zero-order chi connectivity index (χ0) is 21.0. The van der Waals surface area contributed by atoms with Crippen LogP contribution in [0.3, 0.4) is 0 Å². The van der Waals surface area contributed by atoms with Crippen LogP contribution in [0.25, 0.3) is 0 Å². The molecular formula is C22H21F2NO4. The number of hydrogen-bond acceptors (Lipinski definition) is 4. The smallest absolute Gasteiger partial charge is 0.387 e. The lowest BCUT2D eigenvalue weighted by Gasteiger charge is -2.12. The van der Waals surface area contributed by atoms with Gasteiger partial charge in [0.15, 0.2) is 5.76 Å². The van der Waals surface area contributed by atoms with Crippen LogP contribution in [0.2, 0.25) is 0 Å². The molecule has 29 heavy (non-hydrogen) atoms. The fraction of sp³-hybridized carbons (Fsp3) is 0.227. The number of carbonyl (C=O) groups excluding carboxylic acids is 1. The van der Waals surface area contributed by atoms with Crippen LogP contribution in [0, 0.1) is 20.8 Å². The molecule has 0 aliphatic rings. The highest BCUT2D eigenvalue weighted by Crippen LogP contribution is 2.28. The molecule has 0 unspecified atom stereocenters. The number of carbonyl (C=O) groups is 1. The van der Waals surface area contributed by atoms with E-state index in [2.05, 4.69) is 10.1 Å². The molecule has 0 bridgehead atoms. The standard InChI is InChI=1S/C22H21F2NO4/c1-13-4-6-18(20(11-13)29-22(23)24)25-21(26)19-7-5-16(28-19)12-27-17-9-14(2)8-15(3)10-17/h4-11,22H,12H2,1-3H3,(H,25,26). The third kappa shape index (κ3) is 5.57. The van der Waals surface area contributed by atoms with Gasteiger partial charge < -0.3 is 19.2 Å². The highest BCUT2D eigenvalue weighted by Gasteiger charge is 2.16. The molecule has 152 valence electrons. The minimum Gasteiger partial charge on any atom is -0.486 e. The average molecular weight is 401 g/mol. The Morgan fingerprint density at radius 1 is 1.00 bits per heavy atom. The molecule has 0 atom stereocenters. The Morgan fingerprint density at radius 2 is 1.72 bits per heavy atom. The average Bonchev–Trinajstić information content (AvgIpc) is 3.10. The Hall–Kier alpha value is -3.35. The van der Waals surface area contributed by atoms with Gasteiger partial charge in [0.05, 0.1) is 5.69 Å². The quantitative estimate of drug-likeness (QED) is 0.557. The van der Waals surface area contributed by atoms with Crippen molar-refractivity contribution >= 4 is 11.6 Å². The van der Waals surface area contributed by atoms with E-state index < -0.39 is 12.5 Å². The van der Waals surface area contributed by atoms with Crippen LogP contribution in [-0.2, 0) is 6.61 Å². The minimum absolute atomic E-state index is 0.0348. The second-order valence-corrected chi connectivity index (χ2v) is 6.71. The molecule has 3 rings (SSSR count). The van der Waals surface area contributed by atoms with Crippen molar-refractivity contribution in [2.45, 2.75) is 34.0 Å². The lowest BCUT2D eigenvalue weighted by Crippen LogP contribution is -2.13. The van der Waals surface area contributed by atoms with Crippen molar-refractivity contribution < 1.29 is 27.5 Å². The molecule has 1 N–H and O–H groups in total. The molecule has 7 heteroatoms. The largest absolute Gasteiger partial charge is 0.486 e. The first-order valence-electron chi connectivity index (χ1n) is 8.97. The molecule has 5 nitrogen and oxygen atoms in total. The van der Waals surface area contributed by atoms with Gasteiger partial charge in [-0.25, -0.2) is 0 Å². The molecule has 0 saturated heterocycles. The van der Waals surface area contributed by atoms with Gasteiger partial charge in [0.1, 0.15) is 23.9 Å². The van der Waals surface area contributed by atoms with E-state index in [0.717, 1.165) is 16.7 Å². The monoisotopic (exact) mass is 401 g/mol. The minimum atomic E-state index is -3.00. The molecule has 0 aliphatic heterocycles.